The summed E-state index contributed by atoms with van der Waals surface area (Å²) in [5.74, 6) is -0.560. The summed E-state index contributed by atoms with van der Waals surface area (Å²) >= 11 is 0. The van der Waals surface area contributed by atoms with Crippen LogP contribution in [0.3, 0.4) is 0 Å². The van der Waals surface area contributed by atoms with Gasteiger partial charge in [-0.2, -0.15) is 9.49 Å². The highest BCUT2D eigenvalue weighted by molar-refractivity contribution is 5.96. The fraction of sp³-hybridized carbons (Fsp3) is 0. The van der Waals surface area contributed by atoms with Gasteiger partial charge in [0.1, 0.15) is 12.0 Å². The van der Waals surface area contributed by atoms with Crippen LogP contribution in [0.2, 0.25) is 0 Å². The Labute approximate surface area is 101 Å². The topological polar surface area (TPSA) is 58.6 Å². The van der Waals surface area contributed by atoms with E-state index in [-0.39, 0.29) is 0 Å². The fourth-order valence-corrected chi connectivity index (χ4v) is 1.87. The molecule has 0 aliphatic rings. The van der Waals surface area contributed by atoms with Gasteiger partial charge in [-0.05, 0) is 24.3 Å². The van der Waals surface area contributed by atoms with Crippen molar-refractivity contribution in [2.45, 2.75) is 0 Å². The van der Waals surface area contributed by atoms with Gasteiger partial charge in [-0.15, -0.1) is 0 Å². The molecule has 5 heteroatoms. The molecule has 0 aliphatic carbocycles. The number of aldehydes is 1. The number of halogens is 1. The number of rotatable bonds is 2. The first kappa shape index (κ1) is 10.6. The lowest BCUT2D eigenvalue weighted by atomic mass is 10.1. The molecule has 0 saturated carbocycles. The first-order valence-electron chi connectivity index (χ1n) is 5.33. The Morgan fingerprint density at radius 2 is 2.11 bits per heavy atom. The maximum absolute atomic E-state index is 13.1. The van der Waals surface area contributed by atoms with Crippen molar-refractivity contribution in [3.8, 4) is 11.3 Å². The lowest BCUT2D eigenvalue weighted by Gasteiger charge is -1.98. The van der Waals surface area contributed by atoms with Gasteiger partial charge in [-0.3, -0.25) is 9.89 Å². The molecule has 18 heavy (non-hydrogen) atoms. The zero-order valence-corrected chi connectivity index (χ0v) is 9.22. The summed E-state index contributed by atoms with van der Waals surface area (Å²) in [6.45, 7) is 0. The average Bonchev–Trinajstić information content (AvgIpc) is 2.81. The number of nitrogens with zero attached hydrogens (tertiary/aromatic N) is 2. The van der Waals surface area contributed by atoms with E-state index in [1.165, 1.54) is 12.3 Å². The van der Waals surface area contributed by atoms with Crippen LogP contribution >= 0.6 is 0 Å². The minimum Gasteiger partial charge on any atom is -0.298 e. The summed E-state index contributed by atoms with van der Waals surface area (Å²) in [5.41, 5.74) is 2.58. The first-order chi connectivity index (χ1) is 8.78. The van der Waals surface area contributed by atoms with Crippen molar-refractivity contribution in [1.82, 2.24) is 15.2 Å². The minimum absolute atomic E-state index is 0.555. The highest BCUT2D eigenvalue weighted by Gasteiger charge is 2.09. The first-order valence-corrected chi connectivity index (χ1v) is 5.33. The SMILES string of the molecule is O=Cc1ccc2[nH]nc(-c3ccnc(F)c3)c2c1. The number of carbonyl (C=O) groups is 1. The number of hydrogen-bond donors (Lipinski definition) is 1. The van der Waals surface area contributed by atoms with E-state index >= 15 is 0 Å². The van der Waals surface area contributed by atoms with E-state index in [1.807, 2.05) is 0 Å². The minimum atomic E-state index is -0.560. The molecule has 2 aromatic heterocycles. The molecule has 0 spiro atoms. The molecule has 1 aromatic carbocycles. The van der Waals surface area contributed by atoms with Crippen LogP contribution in [0.25, 0.3) is 22.2 Å². The third-order valence-corrected chi connectivity index (χ3v) is 2.72. The van der Waals surface area contributed by atoms with Gasteiger partial charge < -0.3 is 0 Å². The van der Waals surface area contributed by atoms with Crippen molar-refractivity contribution < 1.29 is 9.18 Å². The van der Waals surface area contributed by atoms with Crippen LogP contribution in [-0.2, 0) is 0 Å². The summed E-state index contributed by atoms with van der Waals surface area (Å²) in [4.78, 5) is 14.3. The van der Waals surface area contributed by atoms with Crippen molar-refractivity contribution >= 4 is 17.2 Å². The molecule has 0 fully saturated rings. The molecule has 3 aromatic rings. The van der Waals surface area contributed by atoms with Gasteiger partial charge in [-0.25, -0.2) is 4.98 Å². The largest absolute Gasteiger partial charge is 0.298 e. The Morgan fingerprint density at radius 1 is 1.22 bits per heavy atom. The average molecular weight is 241 g/mol. The molecular formula is C13H8FN3O. The molecule has 1 N–H and O–H groups in total. The van der Waals surface area contributed by atoms with Crippen molar-refractivity contribution in [2.24, 2.45) is 0 Å². The smallest absolute Gasteiger partial charge is 0.213 e. The molecular weight excluding hydrogens is 233 g/mol. The molecule has 0 bridgehead atoms. The Bertz CT molecular complexity index is 736. The predicted molar refractivity (Wildman–Crippen MR) is 64.7 cm³/mol. The van der Waals surface area contributed by atoms with Crippen LogP contribution in [0.5, 0.6) is 0 Å². The summed E-state index contributed by atoms with van der Waals surface area (Å²) in [6.07, 6.45) is 2.15. The van der Waals surface area contributed by atoms with Crippen molar-refractivity contribution in [3.63, 3.8) is 0 Å². The molecule has 88 valence electrons. The van der Waals surface area contributed by atoms with Crippen LogP contribution in [-0.4, -0.2) is 21.5 Å². The molecule has 0 radical (unpaired) electrons. The van der Waals surface area contributed by atoms with Gasteiger partial charge in [0.25, 0.3) is 0 Å². The fourth-order valence-electron chi connectivity index (χ4n) is 1.87. The normalized spacial score (nSPS) is 10.7. The maximum atomic E-state index is 13.1. The second kappa shape index (κ2) is 4.03. The molecule has 0 saturated heterocycles. The van der Waals surface area contributed by atoms with E-state index in [4.69, 9.17) is 0 Å². The second-order valence-corrected chi connectivity index (χ2v) is 3.86. The van der Waals surface area contributed by atoms with Crippen molar-refractivity contribution in [1.29, 1.82) is 0 Å². The lowest BCUT2D eigenvalue weighted by molar-refractivity contribution is 0.112. The number of H-pyrrole nitrogens is 1. The number of nitrogens with one attached hydrogen (secondary N) is 1. The van der Waals surface area contributed by atoms with E-state index in [9.17, 15) is 9.18 Å². The number of carbonyl (C=O) groups excluding carboxylic acids is 1. The Kier molecular flexibility index (Phi) is 2.37. The second-order valence-electron chi connectivity index (χ2n) is 3.86. The Hall–Kier alpha value is -2.56. The van der Waals surface area contributed by atoms with Crippen LogP contribution in [0.15, 0.2) is 36.5 Å². The number of fused-ring (bicyclic) bond motifs is 1. The standard InChI is InChI=1S/C13H8FN3O/c14-12-6-9(3-4-15-12)13-10-5-8(7-18)1-2-11(10)16-17-13/h1-7H,(H,16,17). The van der Waals surface area contributed by atoms with Crippen LogP contribution in [0, 0.1) is 5.95 Å². The monoisotopic (exact) mass is 241 g/mol. The predicted octanol–water partition coefficient (Wildman–Crippen LogP) is 2.58. The van der Waals surface area contributed by atoms with Crippen LogP contribution < -0.4 is 0 Å². The lowest BCUT2D eigenvalue weighted by Crippen LogP contribution is -1.85. The quantitative estimate of drug-likeness (QED) is 0.554. The third kappa shape index (κ3) is 1.66. The van der Waals surface area contributed by atoms with Gasteiger partial charge in [0.05, 0.1) is 5.52 Å². The van der Waals surface area contributed by atoms with Crippen LogP contribution in [0.1, 0.15) is 10.4 Å². The Balaban J connectivity index is 2.26. The third-order valence-electron chi connectivity index (χ3n) is 2.72. The number of aromatic amines is 1. The zero-order valence-electron chi connectivity index (χ0n) is 9.22. The molecule has 0 unspecified atom stereocenters. The van der Waals surface area contributed by atoms with Gasteiger partial charge in [-0.1, -0.05) is 0 Å². The van der Waals surface area contributed by atoms with E-state index in [0.29, 0.717) is 16.8 Å². The van der Waals surface area contributed by atoms with E-state index < -0.39 is 5.95 Å². The molecule has 4 nitrogen and oxygen atoms in total. The van der Waals surface area contributed by atoms with Gasteiger partial charge >= 0.3 is 0 Å². The molecule has 0 amide bonds. The highest BCUT2D eigenvalue weighted by atomic mass is 19.1. The molecule has 0 atom stereocenters. The van der Waals surface area contributed by atoms with Gasteiger partial charge in [0.15, 0.2) is 0 Å². The number of aromatic nitrogens is 3. The molecule has 2 heterocycles. The number of benzene rings is 1. The van der Waals surface area contributed by atoms with E-state index in [2.05, 4.69) is 15.2 Å². The van der Waals surface area contributed by atoms with Gasteiger partial charge in [0, 0.05) is 28.8 Å². The van der Waals surface area contributed by atoms with Crippen LogP contribution in [0.4, 0.5) is 4.39 Å². The summed E-state index contributed by atoms with van der Waals surface area (Å²) in [6, 6.07) is 8.17. The van der Waals surface area contributed by atoms with Crippen molar-refractivity contribution in [2.75, 3.05) is 0 Å². The zero-order chi connectivity index (χ0) is 12.5. The number of pyridine rings is 1. The van der Waals surface area contributed by atoms with E-state index in [0.717, 1.165) is 17.2 Å². The Morgan fingerprint density at radius 3 is 2.89 bits per heavy atom. The summed E-state index contributed by atoms with van der Waals surface area (Å²) < 4.78 is 13.1. The summed E-state index contributed by atoms with van der Waals surface area (Å²) in [5, 5.41) is 7.78. The van der Waals surface area contributed by atoms with Gasteiger partial charge in [0.2, 0.25) is 5.95 Å². The summed E-state index contributed by atoms with van der Waals surface area (Å²) in [7, 11) is 0. The van der Waals surface area contributed by atoms with Crippen molar-refractivity contribution in [3.05, 3.63) is 48.0 Å². The van der Waals surface area contributed by atoms with E-state index in [1.54, 1.807) is 24.3 Å². The number of hydrogen-bond acceptors (Lipinski definition) is 3. The molecule has 3 rings (SSSR count). The maximum Gasteiger partial charge on any atom is 0.213 e. The highest BCUT2D eigenvalue weighted by Crippen LogP contribution is 2.26. The molecule has 0 aliphatic heterocycles.